The van der Waals surface area contributed by atoms with Crippen LogP contribution < -0.4 is 5.32 Å². The number of rotatable bonds is 8. The van der Waals surface area contributed by atoms with Crippen LogP contribution in [0.5, 0.6) is 0 Å². The number of piperidine rings is 2. The summed E-state index contributed by atoms with van der Waals surface area (Å²) in [4.78, 5) is 56.0. The average Bonchev–Trinajstić information content (AvgIpc) is 3.76. The Morgan fingerprint density at radius 1 is 0.821 bits per heavy atom. The summed E-state index contributed by atoms with van der Waals surface area (Å²) in [5.41, 5.74) is 6.98. The standard InChI is InChI=1S/C45H50N6O5/c1-24(2)40(49-43(53)55-6)42(52)50-36-18-31(36)20-38(50)34-17-33(22-46-34)26-9-7-25(8-10-26)27-11-12-29-16-30(14-13-28(29)15-27)35-23-47-41(48-35)39-21-32-19-37(32)51(39)44(54)56-45(3,4)5/h7-16,22-24,31-32,36-40H,17-21H2,1-6H3,(H,47,48)(H,49,53)/t31-,32-,36-,37-,38+,39+,40+/m1/s1. The molecule has 4 aromatic rings. The summed E-state index contributed by atoms with van der Waals surface area (Å²) in [6.45, 7) is 9.60. The topological polar surface area (TPSA) is 129 Å². The number of H-pyrrole nitrogens is 1. The van der Waals surface area contributed by atoms with E-state index in [1.807, 2.05) is 56.8 Å². The molecule has 4 fully saturated rings. The normalized spacial score (nSPS) is 25.4. The second-order valence-electron chi connectivity index (χ2n) is 17.6. The second kappa shape index (κ2) is 13.6. The number of hydrogen-bond acceptors (Lipinski definition) is 7. The minimum atomic E-state index is -0.639. The van der Waals surface area contributed by atoms with Gasteiger partial charge in [0.1, 0.15) is 17.5 Å². The van der Waals surface area contributed by atoms with E-state index in [0.29, 0.717) is 18.3 Å². The third-order valence-corrected chi connectivity index (χ3v) is 12.3. The van der Waals surface area contributed by atoms with Crippen LogP contribution in [0.2, 0.25) is 0 Å². The van der Waals surface area contributed by atoms with Crippen molar-refractivity contribution < 1.29 is 23.9 Å². The van der Waals surface area contributed by atoms with Crippen molar-refractivity contribution in [3.05, 3.63) is 84.4 Å². The van der Waals surface area contributed by atoms with Gasteiger partial charge in [0.25, 0.3) is 0 Å². The SMILES string of the molecule is COC(=O)N[C@H](C(=O)N1[C@@H]2C[C@@H]2C[C@H]1C1=NC=C(c2ccc(-c3ccc4cc(-c5cnc([C@@H]6C[C@H]7C[C@H]7N6C(=O)OC(C)(C)C)[nH]5)ccc4c3)cc2)C1)C(C)C. The molecule has 2 N–H and O–H groups in total. The van der Waals surface area contributed by atoms with Gasteiger partial charge in [-0.1, -0.05) is 62.4 Å². The Labute approximate surface area is 327 Å². The molecule has 3 aromatic carbocycles. The number of likely N-dealkylation sites (tertiary alicyclic amines) is 2. The number of imidazole rings is 1. The molecule has 11 heteroatoms. The van der Waals surface area contributed by atoms with Crippen molar-refractivity contribution in [3.63, 3.8) is 0 Å². The molecule has 1 aromatic heterocycles. The van der Waals surface area contributed by atoms with E-state index in [4.69, 9.17) is 19.5 Å². The van der Waals surface area contributed by atoms with E-state index >= 15 is 0 Å². The van der Waals surface area contributed by atoms with Gasteiger partial charge in [0.2, 0.25) is 5.91 Å². The van der Waals surface area contributed by atoms with Crippen LogP contribution in [-0.4, -0.2) is 80.5 Å². The monoisotopic (exact) mass is 754 g/mol. The molecule has 3 aliphatic heterocycles. The molecule has 0 spiro atoms. The Kier molecular flexibility index (Phi) is 8.82. The number of aromatic nitrogens is 2. The molecule has 56 heavy (non-hydrogen) atoms. The van der Waals surface area contributed by atoms with Gasteiger partial charge in [-0.25, -0.2) is 14.6 Å². The summed E-state index contributed by atoms with van der Waals surface area (Å²) in [7, 11) is 1.32. The zero-order valence-corrected chi connectivity index (χ0v) is 32.9. The van der Waals surface area contributed by atoms with Gasteiger partial charge in [0, 0.05) is 36.0 Å². The highest BCUT2D eigenvalue weighted by Gasteiger charge is 2.57. The Hall–Kier alpha value is -5.45. The maximum Gasteiger partial charge on any atom is 0.411 e. The van der Waals surface area contributed by atoms with Crippen LogP contribution in [0.1, 0.15) is 84.2 Å². The Morgan fingerprint density at radius 3 is 2.12 bits per heavy atom. The Balaban J connectivity index is 0.856. The highest BCUT2D eigenvalue weighted by molar-refractivity contribution is 6.04. The van der Waals surface area contributed by atoms with E-state index in [1.54, 1.807) is 0 Å². The van der Waals surface area contributed by atoms with Gasteiger partial charge in [0.15, 0.2) is 0 Å². The molecule has 2 aliphatic carbocycles. The van der Waals surface area contributed by atoms with Crippen LogP contribution in [0, 0.1) is 17.8 Å². The van der Waals surface area contributed by atoms with Gasteiger partial charge < -0.3 is 24.7 Å². The van der Waals surface area contributed by atoms with Crippen LogP contribution in [-0.2, 0) is 14.3 Å². The molecule has 11 nitrogen and oxygen atoms in total. The molecule has 290 valence electrons. The molecule has 5 aliphatic rings. The number of aliphatic imine (C=N–C) groups is 1. The van der Waals surface area contributed by atoms with E-state index in [1.165, 1.54) is 7.11 Å². The molecular formula is C45H50N6O5. The maximum absolute atomic E-state index is 13.8. The average molecular weight is 755 g/mol. The number of ether oxygens (including phenoxy) is 2. The summed E-state index contributed by atoms with van der Waals surface area (Å²) in [5, 5.41) is 5.05. The lowest BCUT2D eigenvalue weighted by Crippen LogP contribution is -2.54. The molecule has 0 unspecified atom stereocenters. The first-order valence-electron chi connectivity index (χ1n) is 20.0. The van der Waals surface area contributed by atoms with Gasteiger partial charge in [0.05, 0.1) is 31.1 Å². The Morgan fingerprint density at radius 2 is 1.45 bits per heavy atom. The van der Waals surface area contributed by atoms with Gasteiger partial charge in [-0.15, -0.1) is 0 Å². The molecule has 2 saturated carbocycles. The predicted octanol–water partition coefficient (Wildman–Crippen LogP) is 8.52. The van der Waals surface area contributed by atoms with Crippen molar-refractivity contribution in [2.24, 2.45) is 22.7 Å². The largest absolute Gasteiger partial charge is 0.453 e. The van der Waals surface area contributed by atoms with E-state index in [-0.39, 0.29) is 42.1 Å². The van der Waals surface area contributed by atoms with Crippen LogP contribution in [0.15, 0.2) is 78.1 Å². The number of carbonyl (C=O) groups excluding carboxylic acids is 3. The lowest BCUT2D eigenvalue weighted by Gasteiger charge is -2.33. The highest BCUT2D eigenvalue weighted by atomic mass is 16.6. The lowest BCUT2D eigenvalue weighted by molar-refractivity contribution is -0.135. The van der Waals surface area contributed by atoms with Gasteiger partial charge in [-0.3, -0.25) is 14.7 Å². The van der Waals surface area contributed by atoms with Crippen LogP contribution >= 0.6 is 0 Å². The first-order chi connectivity index (χ1) is 26.8. The van der Waals surface area contributed by atoms with Crippen molar-refractivity contribution in [2.75, 3.05) is 7.11 Å². The number of fused-ring (bicyclic) bond motifs is 3. The van der Waals surface area contributed by atoms with Gasteiger partial charge in [-0.05, 0) is 109 Å². The van der Waals surface area contributed by atoms with Crippen molar-refractivity contribution >= 4 is 40.2 Å². The van der Waals surface area contributed by atoms with Crippen LogP contribution in [0.25, 0.3) is 38.7 Å². The van der Waals surface area contributed by atoms with E-state index in [0.717, 1.165) is 81.5 Å². The predicted molar refractivity (Wildman–Crippen MR) is 216 cm³/mol. The number of alkyl carbamates (subject to hydrolysis) is 1. The number of nitrogens with zero attached hydrogens (tertiary/aromatic N) is 4. The number of aromatic amines is 1. The molecule has 7 atom stereocenters. The summed E-state index contributed by atoms with van der Waals surface area (Å²) in [6.07, 6.45) is 7.55. The summed E-state index contributed by atoms with van der Waals surface area (Å²) < 4.78 is 10.6. The van der Waals surface area contributed by atoms with E-state index < -0.39 is 17.7 Å². The fraction of sp³-hybridized carbons (Fsp3) is 0.444. The zero-order chi connectivity index (χ0) is 39.0. The van der Waals surface area contributed by atoms with Crippen molar-refractivity contribution in [1.29, 1.82) is 0 Å². The second-order valence-corrected chi connectivity index (χ2v) is 17.6. The fourth-order valence-electron chi connectivity index (χ4n) is 9.16. The minimum absolute atomic E-state index is 0.0495. The van der Waals surface area contributed by atoms with Crippen molar-refractivity contribution in [2.45, 2.75) is 103 Å². The van der Waals surface area contributed by atoms with Gasteiger partial charge in [-0.2, -0.15) is 0 Å². The van der Waals surface area contributed by atoms with Crippen LogP contribution in [0.3, 0.4) is 0 Å². The molecule has 4 heterocycles. The summed E-state index contributed by atoms with van der Waals surface area (Å²) in [5.74, 6) is 1.71. The number of carbonyl (C=O) groups is 3. The van der Waals surface area contributed by atoms with Gasteiger partial charge >= 0.3 is 12.2 Å². The Bertz CT molecular complexity index is 2290. The van der Waals surface area contributed by atoms with E-state index in [9.17, 15) is 14.4 Å². The third-order valence-electron chi connectivity index (χ3n) is 12.3. The number of allylic oxidation sites excluding steroid dienone is 1. The quantitative estimate of drug-likeness (QED) is 0.186. The number of amides is 3. The molecule has 0 bridgehead atoms. The molecule has 2 saturated heterocycles. The number of methoxy groups -OCH3 is 1. The summed E-state index contributed by atoms with van der Waals surface area (Å²) in [6, 6.07) is 21.3. The number of benzene rings is 3. The zero-order valence-electron chi connectivity index (χ0n) is 32.9. The molecule has 9 rings (SSSR count). The first kappa shape index (κ1) is 36.2. The number of nitrogens with one attached hydrogen (secondary N) is 2. The molecular weight excluding hydrogens is 705 g/mol. The lowest BCUT2D eigenvalue weighted by atomic mass is 9.94. The van der Waals surface area contributed by atoms with Crippen molar-refractivity contribution in [1.82, 2.24) is 25.1 Å². The summed E-state index contributed by atoms with van der Waals surface area (Å²) >= 11 is 0. The number of hydrogen-bond donors (Lipinski definition) is 2. The fourth-order valence-corrected chi connectivity index (χ4v) is 9.16. The first-order valence-corrected chi connectivity index (χ1v) is 20.0. The third kappa shape index (κ3) is 6.75. The maximum atomic E-state index is 13.8. The van der Waals surface area contributed by atoms with Crippen LogP contribution in [0.4, 0.5) is 9.59 Å². The van der Waals surface area contributed by atoms with E-state index in [2.05, 4.69) is 71.0 Å². The van der Waals surface area contributed by atoms with Crippen molar-refractivity contribution in [3.8, 4) is 22.4 Å². The molecule has 0 radical (unpaired) electrons. The minimum Gasteiger partial charge on any atom is -0.453 e. The smallest absolute Gasteiger partial charge is 0.411 e. The molecule has 3 amide bonds. The highest BCUT2D eigenvalue weighted by Crippen LogP contribution is 2.54.